The largest absolute Gasteiger partial charge is 0.497 e. The Morgan fingerprint density at radius 3 is 2.19 bits per heavy atom. The van der Waals surface area contributed by atoms with E-state index in [-0.39, 0.29) is 11.8 Å². The second kappa shape index (κ2) is 11.9. The highest BCUT2D eigenvalue weighted by atomic mass is 35.5. The van der Waals surface area contributed by atoms with Crippen molar-refractivity contribution < 1.29 is 9.53 Å². The molecular weight excluding hydrogens is 428 g/mol. The van der Waals surface area contributed by atoms with Crippen LogP contribution in [0, 0.1) is 5.92 Å². The maximum atomic E-state index is 13.3. The Kier molecular flexibility index (Phi) is 9.53. The second-order valence-electron chi connectivity index (χ2n) is 8.16. The van der Waals surface area contributed by atoms with Gasteiger partial charge in [0.1, 0.15) is 10.6 Å². The number of ether oxygens (including phenoxy) is 1. The quantitative estimate of drug-likeness (QED) is 0.385. The normalized spacial score (nSPS) is 10.6. The van der Waals surface area contributed by atoms with Crippen LogP contribution in [-0.4, -0.2) is 18.0 Å². The predicted octanol–water partition coefficient (Wildman–Crippen LogP) is 7.44. The predicted molar refractivity (Wildman–Crippen MR) is 132 cm³/mol. The molecule has 6 heteroatoms. The van der Waals surface area contributed by atoms with Crippen LogP contribution in [0.2, 0.25) is 4.47 Å². The SMILES string of the molecule is CC(C)C.COc1ccc(CN(C(=O)c2cnc(Cl)s2)c2ccccc2C(C)C)cc1. The molecule has 0 aliphatic heterocycles. The van der Waals surface area contributed by atoms with Crippen LogP contribution in [-0.2, 0) is 6.54 Å². The highest BCUT2D eigenvalue weighted by molar-refractivity contribution is 7.17. The highest BCUT2D eigenvalue weighted by Crippen LogP contribution is 2.31. The van der Waals surface area contributed by atoms with E-state index in [1.165, 1.54) is 17.5 Å². The number of carbonyl (C=O) groups excluding carboxylic acids is 1. The molecule has 3 aromatic rings. The van der Waals surface area contributed by atoms with Gasteiger partial charge >= 0.3 is 0 Å². The smallest absolute Gasteiger partial charge is 0.270 e. The molecule has 0 saturated carbocycles. The van der Waals surface area contributed by atoms with Gasteiger partial charge < -0.3 is 9.64 Å². The first-order chi connectivity index (χ1) is 14.7. The Labute approximate surface area is 194 Å². The first-order valence-corrected chi connectivity index (χ1v) is 11.6. The molecule has 1 amide bonds. The number of benzene rings is 2. The number of nitrogens with zero attached hydrogens (tertiary/aromatic N) is 2. The monoisotopic (exact) mass is 458 g/mol. The second-order valence-corrected chi connectivity index (χ2v) is 9.78. The van der Waals surface area contributed by atoms with Gasteiger partial charge in [-0.05, 0) is 41.2 Å². The Morgan fingerprint density at radius 2 is 1.68 bits per heavy atom. The minimum Gasteiger partial charge on any atom is -0.497 e. The third kappa shape index (κ3) is 7.37. The van der Waals surface area contributed by atoms with Crippen LogP contribution in [0.1, 0.15) is 61.3 Å². The summed E-state index contributed by atoms with van der Waals surface area (Å²) >= 11 is 7.15. The Morgan fingerprint density at radius 1 is 1.06 bits per heavy atom. The van der Waals surface area contributed by atoms with Gasteiger partial charge in [0.2, 0.25) is 0 Å². The standard InChI is InChI=1S/C21H21ClN2O2S.C4H10/c1-14(2)17-6-4-5-7-18(17)24(20(25)19-12-23-21(22)27-19)13-15-8-10-16(26-3)11-9-15;1-4(2)3/h4-12,14H,13H2,1-3H3;4H,1-3H3. The van der Waals surface area contributed by atoms with E-state index in [0.29, 0.717) is 15.9 Å². The molecular formula is C25H31ClN2O2S. The fourth-order valence-electron chi connectivity index (χ4n) is 2.89. The van der Waals surface area contributed by atoms with Crippen molar-refractivity contribution in [2.24, 2.45) is 5.92 Å². The van der Waals surface area contributed by atoms with E-state index in [1.54, 1.807) is 12.0 Å². The summed E-state index contributed by atoms with van der Waals surface area (Å²) in [5.41, 5.74) is 3.03. The van der Waals surface area contributed by atoms with Crippen molar-refractivity contribution >= 4 is 34.5 Å². The molecule has 0 radical (unpaired) electrons. The molecule has 0 fully saturated rings. The van der Waals surface area contributed by atoms with Gasteiger partial charge in [-0.25, -0.2) is 4.98 Å². The number of anilines is 1. The first-order valence-electron chi connectivity index (χ1n) is 10.4. The molecule has 3 rings (SSSR count). The molecule has 0 spiro atoms. The van der Waals surface area contributed by atoms with Crippen LogP contribution < -0.4 is 9.64 Å². The van der Waals surface area contributed by atoms with Crippen molar-refractivity contribution in [1.82, 2.24) is 4.98 Å². The van der Waals surface area contributed by atoms with Gasteiger partial charge in [-0.1, -0.05) is 87.9 Å². The molecule has 0 aliphatic carbocycles. The minimum atomic E-state index is -0.108. The molecule has 4 nitrogen and oxygen atoms in total. The van der Waals surface area contributed by atoms with Crippen LogP contribution >= 0.6 is 22.9 Å². The average Bonchev–Trinajstić information content (AvgIpc) is 3.18. The molecule has 31 heavy (non-hydrogen) atoms. The summed E-state index contributed by atoms with van der Waals surface area (Å²) < 4.78 is 5.59. The molecule has 1 aromatic heterocycles. The van der Waals surface area contributed by atoms with E-state index in [0.717, 1.165) is 28.5 Å². The number of carbonyl (C=O) groups is 1. The van der Waals surface area contributed by atoms with Gasteiger partial charge in [0.05, 0.1) is 19.9 Å². The molecule has 0 bridgehead atoms. The summed E-state index contributed by atoms with van der Waals surface area (Å²) in [6.45, 7) is 11.2. The van der Waals surface area contributed by atoms with Gasteiger partial charge in [0, 0.05) is 5.69 Å². The molecule has 2 aromatic carbocycles. The number of para-hydroxylation sites is 1. The van der Waals surface area contributed by atoms with E-state index in [9.17, 15) is 4.79 Å². The zero-order valence-electron chi connectivity index (χ0n) is 19.1. The van der Waals surface area contributed by atoms with Crippen molar-refractivity contribution in [2.75, 3.05) is 12.0 Å². The molecule has 0 N–H and O–H groups in total. The Balaban J connectivity index is 0.000000785. The number of methoxy groups -OCH3 is 1. The van der Waals surface area contributed by atoms with E-state index in [4.69, 9.17) is 16.3 Å². The summed E-state index contributed by atoms with van der Waals surface area (Å²) in [7, 11) is 1.64. The van der Waals surface area contributed by atoms with Crippen molar-refractivity contribution in [2.45, 2.75) is 47.1 Å². The van der Waals surface area contributed by atoms with Crippen LogP contribution in [0.25, 0.3) is 0 Å². The number of amides is 1. The van der Waals surface area contributed by atoms with Crippen LogP contribution in [0.4, 0.5) is 5.69 Å². The van der Waals surface area contributed by atoms with Gasteiger partial charge in [0.25, 0.3) is 5.91 Å². The maximum absolute atomic E-state index is 13.3. The highest BCUT2D eigenvalue weighted by Gasteiger charge is 2.23. The number of thiazole rings is 1. The van der Waals surface area contributed by atoms with Crippen molar-refractivity contribution in [3.8, 4) is 5.75 Å². The summed E-state index contributed by atoms with van der Waals surface area (Å²) in [6.07, 6.45) is 1.54. The van der Waals surface area contributed by atoms with Crippen molar-refractivity contribution in [3.63, 3.8) is 0 Å². The van der Waals surface area contributed by atoms with Crippen molar-refractivity contribution in [3.05, 3.63) is 75.2 Å². The van der Waals surface area contributed by atoms with Gasteiger partial charge in [0.15, 0.2) is 4.47 Å². The fraction of sp³-hybridized carbons (Fsp3) is 0.360. The first kappa shape index (κ1) is 24.9. The van der Waals surface area contributed by atoms with E-state index < -0.39 is 0 Å². The lowest BCUT2D eigenvalue weighted by atomic mass is 10.00. The minimum absolute atomic E-state index is 0.108. The van der Waals surface area contributed by atoms with E-state index >= 15 is 0 Å². The van der Waals surface area contributed by atoms with E-state index in [1.807, 2.05) is 42.5 Å². The Bertz CT molecular complexity index is 965. The molecule has 0 atom stereocenters. The average molecular weight is 459 g/mol. The van der Waals surface area contributed by atoms with Gasteiger partial charge in [-0.2, -0.15) is 0 Å². The van der Waals surface area contributed by atoms with Gasteiger partial charge in [-0.15, -0.1) is 0 Å². The lowest BCUT2D eigenvalue weighted by molar-refractivity contribution is 0.0988. The lowest BCUT2D eigenvalue weighted by Crippen LogP contribution is -2.30. The van der Waals surface area contributed by atoms with Crippen LogP contribution in [0.15, 0.2) is 54.7 Å². The van der Waals surface area contributed by atoms with E-state index in [2.05, 4.69) is 45.7 Å². The number of hydrogen-bond donors (Lipinski definition) is 0. The van der Waals surface area contributed by atoms with Crippen molar-refractivity contribution in [1.29, 1.82) is 0 Å². The number of halogens is 1. The molecule has 1 heterocycles. The van der Waals surface area contributed by atoms with Gasteiger partial charge in [-0.3, -0.25) is 4.79 Å². The number of rotatable bonds is 6. The zero-order valence-corrected chi connectivity index (χ0v) is 20.6. The molecule has 0 saturated heterocycles. The third-order valence-electron chi connectivity index (χ3n) is 4.28. The summed E-state index contributed by atoms with van der Waals surface area (Å²) in [4.78, 5) is 19.6. The lowest BCUT2D eigenvalue weighted by Gasteiger charge is -2.26. The topological polar surface area (TPSA) is 42.4 Å². The maximum Gasteiger partial charge on any atom is 0.270 e. The molecule has 166 valence electrons. The number of aromatic nitrogens is 1. The molecule has 0 aliphatic rings. The summed E-state index contributed by atoms with van der Waals surface area (Å²) in [5.74, 6) is 1.80. The number of hydrogen-bond acceptors (Lipinski definition) is 4. The molecule has 0 unspecified atom stereocenters. The van der Waals surface area contributed by atoms with Crippen LogP contribution in [0.5, 0.6) is 5.75 Å². The third-order valence-corrected chi connectivity index (χ3v) is 5.39. The van der Waals surface area contributed by atoms with Crippen LogP contribution in [0.3, 0.4) is 0 Å². The summed E-state index contributed by atoms with van der Waals surface area (Å²) in [6, 6.07) is 15.7. The zero-order chi connectivity index (χ0) is 23.0. The summed E-state index contributed by atoms with van der Waals surface area (Å²) in [5, 5.41) is 0. The Hall–Kier alpha value is -2.37. The fourth-order valence-corrected chi connectivity index (χ4v) is 3.77.